The summed E-state index contributed by atoms with van der Waals surface area (Å²) in [7, 11) is -3.45. The molecule has 0 fully saturated rings. The highest BCUT2D eigenvalue weighted by Gasteiger charge is 2.27. The van der Waals surface area contributed by atoms with Gasteiger partial charge in [-0.3, -0.25) is 9.52 Å². The van der Waals surface area contributed by atoms with Crippen LogP contribution in [0.2, 0.25) is 0 Å². The first-order valence-corrected chi connectivity index (χ1v) is 18.7. The van der Waals surface area contributed by atoms with E-state index in [1.54, 1.807) is 51.8 Å². The standard InChI is InChI=1S/C33H39N5O6S3/c1-47(42,43)37-27-13-7-12-26(20-27)21-35-32(40)36-30(16-5-6-17-34-33(41)44-24-25-10-3-2-4-11-25)31(39)38(22-28-14-8-18-45-28)23-29-15-9-19-46-29/h2-4,7-15,18-20,30,37H,5-6,16-17,21-24H2,1H3,(H,34,41)(H2,35,36,40). The number of unbranched alkanes of at least 4 members (excludes halogenated alkanes) is 1. The minimum atomic E-state index is -3.45. The lowest BCUT2D eigenvalue weighted by Crippen LogP contribution is -2.50. The Morgan fingerprint density at radius 1 is 0.830 bits per heavy atom. The predicted molar refractivity (Wildman–Crippen MR) is 185 cm³/mol. The zero-order chi connectivity index (χ0) is 33.5. The minimum Gasteiger partial charge on any atom is -0.445 e. The van der Waals surface area contributed by atoms with Crippen LogP contribution in [0.1, 0.15) is 40.1 Å². The summed E-state index contributed by atoms with van der Waals surface area (Å²) in [5.41, 5.74) is 1.95. The second kappa shape index (κ2) is 18.1. The van der Waals surface area contributed by atoms with Crippen molar-refractivity contribution >= 4 is 56.4 Å². The van der Waals surface area contributed by atoms with E-state index in [0.29, 0.717) is 50.1 Å². The summed E-state index contributed by atoms with van der Waals surface area (Å²) in [6, 6.07) is 22.6. The maximum absolute atomic E-state index is 14.0. The number of ether oxygens (including phenoxy) is 1. The molecule has 2 aromatic carbocycles. The van der Waals surface area contributed by atoms with Gasteiger partial charge in [-0.1, -0.05) is 54.6 Å². The Labute approximate surface area is 283 Å². The number of rotatable bonds is 17. The number of carbonyl (C=O) groups is 3. The van der Waals surface area contributed by atoms with Gasteiger partial charge in [0, 0.05) is 28.5 Å². The van der Waals surface area contributed by atoms with E-state index in [-0.39, 0.29) is 19.1 Å². The summed E-state index contributed by atoms with van der Waals surface area (Å²) in [5.74, 6) is -0.212. The number of hydrogen-bond donors (Lipinski definition) is 4. The molecule has 1 atom stereocenters. The van der Waals surface area contributed by atoms with Crippen LogP contribution in [0.15, 0.2) is 89.6 Å². The lowest BCUT2D eigenvalue weighted by Gasteiger charge is -2.27. The Morgan fingerprint density at radius 3 is 2.15 bits per heavy atom. The molecule has 47 heavy (non-hydrogen) atoms. The van der Waals surface area contributed by atoms with E-state index in [0.717, 1.165) is 21.6 Å². The van der Waals surface area contributed by atoms with E-state index in [1.165, 1.54) is 0 Å². The van der Waals surface area contributed by atoms with Crippen LogP contribution < -0.4 is 20.7 Å². The fourth-order valence-electron chi connectivity index (χ4n) is 4.66. The van der Waals surface area contributed by atoms with Gasteiger partial charge in [-0.15, -0.1) is 22.7 Å². The SMILES string of the molecule is CS(=O)(=O)Nc1cccc(CNC(=O)NC(CCCCNC(=O)OCc2ccccc2)C(=O)N(Cc2cccs2)Cc2cccs2)c1. The first kappa shape index (κ1) is 35.5. The third-order valence-electron chi connectivity index (χ3n) is 6.85. The molecule has 0 aliphatic carbocycles. The van der Waals surface area contributed by atoms with Crippen LogP contribution in [0, 0.1) is 0 Å². The molecule has 14 heteroatoms. The minimum absolute atomic E-state index is 0.120. The van der Waals surface area contributed by atoms with Gasteiger partial charge < -0.3 is 25.6 Å². The van der Waals surface area contributed by atoms with Gasteiger partial charge in [0.15, 0.2) is 0 Å². The highest BCUT2D eigenvalue weighted by atomic mass is 32.2. The maximum atomic E-state index is 14.0. The molecule has 4 aromatic rings. The van der Waals surface area contributed by atoms with Crippen molar-refractivity contribution in [3.63, 3.8) is 0 Å². The average molecular weight is 698 g/mol. The number of hydrogen-bond acceptors (Lipinski definition) is 8. The Bertz CT molecular complexity index is 1630. The number of benzene rings is 2. The first-order chi connectivity index (χ1) is 22.6. The number of nitrogens with one attached hydrogen (secondary N) is 4. The van der Waals surface area contributed by atoms with Gasteiger partial charge in [0.1, 0.15) is 12.6 Å². The molecule has 4 rings (SSSR count). The highest BCUT2D eigenvalue weighted by Crippen LogP contribution is 2.19. The van der Waals surface area contributed by atoms with Gasteiger partial charge in [0.05, 0.1) is 19.3 Å². The van der Waals surface area contributed by atoms with Crippen LogP contribution in [0.3, 0.4) is 0 Å². The highest BCUT2D eigenvalue weighted by molar-refractivity contribution is 7.92. The molecular weight excluding hydrogens is 659 g/mol. The fourth-order valence-corrected chi connectivity index (χ4v) is 6.65. The lowest BCUT2D eigenvalue weighted by atomic mass is 10.1. The van der Waals surface area contributed by atoms with E-state index in [1.807, 2.05) is 65.4 Å². The molecule has 0 spiro atoms. The molecule has 4 N–H and O–H groups in total. The molecule has 0 aliphatic heterocycles. The molecule has 0 aliphatic rings. The summed E-state index contributed by atoms with van der Waals surface area (Å²) in [6.45, 7) is 1.46. The molecule has 4 amide bonds. The Hall–Kier alpha value is -4.40. The predicted octanol–water partition coefficient (Wildman–Crippen LogP) is 5.67. The molecule has 11 nitrogen and oxygen atoms in total. The Balaban J connectivity index is 1.36. The molecule has 250 valence electrons. The van der Waals surface area contributed by atoms with Gasteiger partial charge in [-0.2, -0.15) is 0 Å². The van der Waals surface area contributed by atoms with Gasteiger partial charge >= 0.3 is 12.1 Å². The zero-order valence-corrected chi connectivity index (χ0v) is 28.5. The smallest absolute Gasteiger partial charge is 0.407 e. The number of sulfonamides is 1. The molecule has 0 saturated carbocycles. The normalized spacial score (nSPS) is 11.7. The monoisotopic (exact) mass is 697 g/mol. The molecule has 2 aromatic heterocycles. The van der Waals surface area contributed by atoms with Crippen LogP contribution in [0.25, 0.3) is 0 Å². The summed E-state index contributed by atoms with van der Waals surface area (Å²) < 4.78 is 30.9. The van der Waals surface area contributed by atoms with Crippen LogP contribution in [-0.4, -0.2) is 50.2 Å². The second-order valence-corrected chi connectivity index (χ2v) is 14.6. The van der Waals surface area contributed by atoms with Crippen molar-refractivity contribution in [2.24, 2.45) is 0 Å². The van der Waals surface area contributed by atoms with Gasteiger partial charge in [0.25, 0.3) is 0 Å². The summed E-state index contributed by atoms with van der Waals surface area (Å²) in [5, 5.41) is 12.3. The molecular formula is C33H39N5O6S3. The summed E-state index contributed by atoms with van der Waals surface area (Å²) in [4.78, 5) is 43.1. The molecule has 0 radical (unpaired) electrons. The average Bonchev–Trinajstić information content (AvgIpc) is 3.76. The molecule has 1 unspecified atom stereocenters. The quantitative estimate of drug-likeness (QED) is 0.105. The number of amides is 4. The van der Waals surface area contributed by atoms with Gasteiger partial charge in [0.2, 0.25) is 15.9 Å². The van der Waals surface area contributed by atoms with Crippen molar-refractivity contribution in [3.05, 3.63) is 111 Å². The topological polar surface area (TPSA) is 146 Å². The number of alkyl carbamates (subject to hydrolysis) is 1. The molecule has 2 heterocycles. The van der Waals surface area contributed by atoms with Crippen molar-refractivity contribution in [1.82, 2.24) is 20.9 Å². The van der Waals surface area contributed by atoms with E-state index in [2.05, 4.69) is 20.7 Å². The summed E-state index contributed by atoms with van der Waals surface area (Å²) in [6.07, 6.45) is 2.03. The zero-order valence-electron chi connectivity index (χ0n) is 26.0. The van der Waals surface area contributed by atoms with E-state index < -0.39 is 28.2 Å². The third-order valence-corrected chi connectivity index (χ3v) is 9.18. The van der Waals surface area contributed by atoms with Crippen LogP contribution in [0.5, 0.6) is 0 Å². The molecule has 0 bridgehead atoms. The third kappa shape index (κ3) is 13.1. The van der Waals surface area contributed by atoms with Crippen molar-refractivity contribution < 1.29 is 27.5 Å². The van der Waals surface area contributed by atoms with Crippen LogP contribution in [0.4, 0.5) is 15.3 Å². The number of thiophene rings is 2. The number of anilines is 1. The van der Waals surface area contributed by atoms with Crippen molar-refractivity contribution in [2.75, 3.05) is 17.5 Å². The fraction of sp³-hybridized carbons (Fsp3) is 0.303. The van der Waals surface area contributed by atoms with Gasteiger partial charge in [-0.25, -0.2) is 18.0 Å². The number of nitrogens with zero attached hydrogens (tertiary/aromatic N) is 1. The van der Waals surface area contributed by atoms with Crippen molar-refractivity contribution in [2.45, 2.75) is 51.5 Å². The van der Waals surface area contributed by atoms with Crippen LogP contribution >= 0.6 is 22.7 Å². The maximum Gasteiger partial charge on any atom is 0.407 e. The second-order valence-electron chi connectivity index (χ2n) is 10.8. The van der Waals surface area contributed by atoms with E-state index >= 15 is 0 Å². The number of carbonyl (C=O) groups excluding carboxylic acids is 3. The van der Waals surface area contributed by atoms with E-state index in [4.69, 9.17) is 4.74 Å². The van der Waals surface area contributed by atoms with Crippen molar-refractivity contribution in [1.29, 1.82) is 0 Å². The van der Waals surface area contributed by atoms with Crippen molar-refractivity contribution in [3.8, 4) is 0 Å². The number of urea groups is 1. The largest absolute Gasteiger partial charge is 0.445 e. The summed E-state index contributed by atoms with van der Waals surface area (Å²) >= 11 is 3.12. The molecule has 0 saturated heterocycles. The lowest BCUT2D eigenvalue weighted by molar-refractivity contribution is -0.134. The Morgan fingerprint density at radius 2 is 1.51 bits per heavy atom. The van der Waals surface area contributed by atoms with E-state index in [9.17, 15) is 22.8 Å². The van der Waals surface area contributed by atoms with Crippen LogP contribution in [-0.2, 0) is 45.8 Å². The Kier molecular flexibility index (Phi) is 13.6. The first-order valence-electron chi connectivity index (χ1n) is 15.0. The van der Waals surface area contributed by atoms with Gasteiger partial charge in [-0.05, 0) is 65.4 Å².